The smallest absolute Gasteiger partial charge is 0.253 e. The molecule has 1 aliphatic heterocycles. The molecule has 0 bridgehead atoms. The lowest BCUT2D eigenvalue weighted by Gasteiger charge is -2.27. The van der Waals surface area contributed by atoms with Crippen molar-refractivity contribution < 1.29 is 9.15 Å². The van der Waals surface area contributed by atoms with Gasteiger partial charge in [0.25, 0.3) is 5.95 Å². The Balaban J connectivity index is 1.60. The summed E-state index contributed by atoms with van der Waals surface area (Å²) in [5.74, 6) is 2.00. The summed E-state index contributed by atoms with van der Waals surface area (Å²) < 4.78 is 13.6. The average molecular weight is 468 g/mol. The van der Waals surface area contributed by atoms with Gasteiger partial charge in [0, 0.05) is 36.5 Å². The number of hydrogen-bond acceptors (Lipinski definition) is 6. The average Bonchev–Trinajstić information content (AvgIpc) is 3.57. The normalized spacial score (nSPS) is 14.8. The lowest BCUT2D eigenvalue weighted by Crippen LogP contribution is -2.37. The SMILES string of the molecule is C=C/C=C(\C=C/CCC)c1cc2nc(-n3ccc(-c4ccccc4)n3)nc(N3CCOCC3)c2o1. The number of benzene rings is 1. The van der Waals surface area contributed by atoms with E-state index in [2.05, 4.69) is 30.6 Å². The predicted octanol–water partition coefficient (Wildman–Crippen LogP) is 5.84. The summed E-state index contributed by atoms with van der Waals surface area (Å²) >= 11 is 0. The number of fused-ring (bicyclic) bond motifs is 1. The summed E-state index contributed by atoms with van der Waals surface area (Å²) in [6, 6.07) is 14.0. The molecule has 0 N–H and O–H groups in total. The third-order valence-electron chi connectivity index (χ3n) is 5.85. The molecule has 0 aliphatic carbocycles. The van der Waals surface area contributed by atoms with Crippen LogP contribution in [0.1, 0.15) is 25.5 Å². The third-order valence-corrected chi connectivity index (χ3v) is 5.85. The Kier molecular flexibility index (Phi) is 6.86. The second kappa shape index (κ2) is 10.5. The van der Waals surface area contributed by atoms with Gasteiger partial charge in [0.1, 0.15) is 11.3 Å². The minimum absolute atomic E-state index is 0.504. The summed E-state index contributed by atoms with van der Waals surface area (Å²) in [6.07, 6.45) is 11.9. The standard InChI is InChI=1S/C28H29N5O2/c1-3-5-7-13-22(10-4-2)25-20-24-26(35-25)27(32-16-18-34-19-17-32)30-28(29-24)33-15-14-23(31-33)21-11-8-6-9-12-21/h4,6-15,20H,2-3,5,16-19H2,1H3/b13-7-,22-10+. The molecule has 0 amide bonds. The number of morpholine rings is 1. The minimum atomic E-state index is 0.504. The molecule has 1 aromatic carbocycles. The number of unbranched alkanes of at least 4 members (excludes halogenated alkanes) is 1. The van der Waals surface area contributed by atoms with E-state index in [4.69, 9.17) is 24.2 Å². The largest absolute Gasteiger partial charge is 0.450 e. The molecular weight excluding hydrogens is 438 g/mol. The van der Waals surface area contributed by atoms with Crippen molar-refractivity contribution in [3.63, 3.8) is 0 Å². The fraction of sp³-hybridized carbons (Fsp3) is 0.250. The number of allylic oxidation sites excluding steroid dienone is 5. The van der Waals surface area contributed by atoms with Crippen LogP contribution >= 0.6 is 0 Å². The van der Waals surface area contributed by atoms with Crippen molar-refractivity contribution in [1.82, 2.24) is 19.7 Å². The number of ether oxygens (including phenoxy) is 1. The molecule has 5 rings (SSSR count). The van der Waals surface area contributed by atoms with Gasteiger partial charge in [-0.1, -0.05) is 74.6 Å². The van der Waals surface area contributed by atoms with Crippen LogP contribution in [0.2, 0.25) is 0 Å². The fourth-order valence-electron chi connectivity index (χ4n) is 4.06. The summed E-state index contributed by atoms with van der Waals surface area (Å²) in [7, 11) is 0. The van der Waals surface area contributed by atoms with Gasteiger partial charge in [0.15, 0.2) is 11.4 Å². The van der Waals surface area contributed by atoms with Gasteiger partial charge in [-0.15, -0.1) is 0 Å². The van der Waals surface area contributed by atoms with E-state index < -0.39 is 0 Å². The molecule has 0 radical (unpaired) electrons. The first-order valence-corrected chi connectivity index (χ1v) is 12.0. The molecule has 35 heavy (non-hydrogen) atoms. The van der Waals surface area contributed by atoms with Crippen LogP contribution in [0.4, 0.5) is 5.82 Å². The quantitative estimate of drug-likeness (QED) is 0.303. The Morgan fingerprint density at radius 2 is 1.94 bits per heavy atom. The highest BCUT2D eigenvalue weighted by atomic mass is 16.5. The van der Waals surface area contributed by atoms with Crippen LogP contribution in [0.25, 0.3) is 33.9 Å². The van der Waals surface area contributed by atoms with Gasteiger partial charge < -0.3 is 14.1 Å². The van der Waals surface area contributed by atoms with E-state index in [0.29, 0.717) is 24.7 Å². The van der Waals surface area contributed by atoms with E-state index in [1.165, 1.54) is 0 Å². The molecule has 178 valence electrons. The van der Waals surface area contributed by atoms with Crippen molar-refractivity contribution in [1.29, 1.82) is 0 Å². The van der Waals surface area contributed by atoms with E-state index in [-0.39, 0.29) is 0 Å². The first kappa shape index (κ1) is 22.8. The maximum absolute atomic E-state index is 6.36. The van der Waals surface area contributed by atoms with Crippen LogP contribution in [-0.2, 0) is 4.74 Å². The second-order valence-electron chi connectivity index (χ2n) is 8.33. The van der Waals surface area contributed by atoms with Gasteiger partial charge in [0.2, 0.25) is 0 Å². The first-order valence-electron chi connectivity index (χ1n) is 12.0. The van der Waals surface area contributed by atoms with E-state index in [1.54, 1.807) is 10.8 Å². The molecule has 4 aromatic rings. The monoisotopic (exact) mass is 467 g/mol. The van der Waals surface area contributed by atoms with Crippen molar-refractivity contribution in [2.24, 2.45) is 0 Å². The topological polar surface area (TPSA) is 69.2 Å². The van der Waals surface area contributed by atoms with Gasteiger partial charge in [-0.2, -0.15) is 10.1 Å². The molecule has 1 aliphatic rings. The van der Waals surface area contributed by atoms with Crippen molar-refractivity contribution in [3.05, 3.63) is 85.3 Å². The van der Waals surface area contributed by atoms with E-state index >= 15 is 0 Å². The van der Waals surface area contributed by atoms with Crippen molar-refractivity contribution in [3.8, 4) is 17.2 Å². The molecule has 0 atom stereocenters. The first-order chi connectivity index (χ1) is 17.3. The van der Waals surface area contributed by atoms with Gasteiger partial charge in [-0.3, -0.25) is 0 Å². The van der Waals surface area contributed by atoms with Crippen molar-refractivity contribution in [2.75, 3.05) is 31.2 Å². The van der Waals surface area contributed by atoms with Crippen LogP contribution in [0, 0.1) is 0 Å². The molecular formula is C28H29N5O2. The number of rotatable bonds is 8. The minimum Gasteiger partial charge on any atom is -0.450 e. The highest BCUT2D eigenvalue weighted by molar-refractivity contribution is 5.89. The maximum Gasteiger partial charge on any atom is 0.253 e. The highest BCUT2D eigenvalue weighted by Crippen LogP contribution is 2.32. The summed E-state index contributed by atoms with van der Waals surface area (Å²) in [6.45, 7) is 8.80. The molecule has 7 nitrogen and oxygen atoms in total. The molecule has 7 heteroatoms. The summed E-state index contributed by atoms with van der Waals surface area (Å²) in [5, 5.41) is 4.75. The zero-order valence-electron chi connectivity index (χ0n) is 19.9. The van der Waals surface area contributed by atoms with Gasteiger partial charge in [-0.05, 0) is 12.5 Å². The lowest BCUT2D eigenvalue weighted by atomic mass is 10.1. The van der Waals surface area contributed by atoms with Crippen LogP contribution < -0.4 is 4.90 Å². The number of furan rings is 1. The highest BCUT2D eigenvalue weighted by Gasteiger charge is 2.22. The molecule has 1 saturated heterocycles. The number of aromatic nitrogens is 4. The number of anilines is 1. The Morgan fingerprint density at radius 3 is 2.71 bits per heavy atom. The Morgan fingerprint density at radius 1 is 1.11 bits per heavy atom. The fourth-order valence-corrected chi connectivity index (χ4v) is 4.06. The van der Waals surface area contributed by atoms with Crippen LogP contribution in [0.5, 0.6) is 0 Å². The van der Waals surface area contributed by atoms with Crippen molar-refractivity contribution in [2.45, 2.75) is 19.8 Å². The predicted molar refractivity (Wildman–Crippen MR) is 140 cm³/mol. The second-order valence-corrected chi connectivity index (χ2v) is 8.33. The lowest BCUT2D eigenvalue weighted by molar-refractivity contribution is 0.122. The number of hydrogen-bond donors (Lipinski definition) is 0. The Hall–Kier alpha value is -3.97. The molecule has 1 fully saturated rings. The van der Waals surface area contributed by atoms with E-state index in [0.717, 1.165) is 59.9 Å². The van der Waals surface area contributed by atoms with Gasteiger partial charge in [-0.25, -0.2) is 9.67 Å². The molecule has 4 heterocycles. The Labute approximate surface area is 205 Å². The zero-order valence-corrected chi connectivity index (χ0v) is 19.9. The molecule has 0 saturated carbocycles. The zero-order chi connectivity index (χ0) is 24.0. The Bertz CT molecular complexity index is 1360. The molecule has 0 spiro atoms. The van der Waals surface area contributed by atoms with Crippen LogP contribution in [0.3, 0.4) is 0 Å². The van der Waals surface area contributed by atoms with Crippen molar-refractivity contribution >= 4 is 22.5 Å². The number of nitrogens with zero attached hydrogens (tertiary/aromatic N) is 5. The molecule has 3 aromatic heterocycles. The maximum atomic E-state index is 6.36. The third kappa shape index (κ3) is 4.95. The van der Waals surface area contributed by atoms with Gasteiger partial charge >= 0.3 is 0 Å². The molecule has 0 unspecified atom stereocenters. The van der Waals surface area contributed by atoms with E-state index in [1.807, 2.05) is 54.7 Å². The van der Waals surface area contributed by atoms with E-state index in [9.17, 15) is 0 Å². The van der Waals surface area contributed by atoms with Crippen LogP contribution in [-0.4, -0.2) is 46.1 Å². The summed E-state index contributed by atoms with van der Waals surface area (Å²) in [5.41, 5.74) is 4.27. The van der Waals surface area contributed by atoms with Crippen LogP contribution in [0.15, 0.2) is 84.0 Å². The van der Waals surface area contributed by atoms with Gasteiger partial charge in [0.05, 0.1) is 18.9 Å². The summed E-state index contributed by atoms with van der Waals surface area (Å²) in [4.78, 5) is 11.9.